The molecule has 0 unspecified atom stereocenters. The first-order valence-corrected chi connectivity index (χ1v) is 11.1. The Bertz CT molecular complexity index is 1130. The first kappa shape index (κ1) is 18.5. The third-order valence-corrected chi connectivity index (χ3v) is 6.92. The van der Waals surface area contributed by atoms with Crippen molar-refractivity contribution in [3.63, 3.8) is 0 Å². The number of pyridine rings is 1. The Hall–Kier alpha value is -2.56. The number of likely N-dealkylation sites (tertiary alicyclic amines) is 1. The number of carbonyl (C=O) groups excluding carboxylic acids is 1. The molecule has 0 spiro atoms. The van der Waals surface area contributed by atoms with E-state index in [1.165, 1.54) is 12.8 Å². The molecule has 5 heteroatoms. The van der Waals surface area contributed by atoms with Crippen LogP contribution in [-0.2, 0) is 7.05 Å². The van der Waals surface area contributed by atoms with E-state index in [2.05, 4.69) is 0 Å². The van der Waals surface area contributed by atoms with Crippen LogP contribution in [0.15, 0.2) is 35.3 Å². The number of aromatic nitrogens is 2. The zero-order valence-electron chi connectivity index (χ0n) is 17.2. The molecule has 1 amide bonds. The van der Waals surface area contributed by atoms with Gasteiger partial charge in [0.2, 0.25) is 0 Å². The number of para-hydroxylation sites is 1. The fraction of sp³-hybridized carbons (Fsp3) is 0.500. The summed E-state index contributed by atoms with van der Waals surface area (Å²) in [7, 11) is 1.95. The van der Waals surface area contributed by atoms with Crippen LogP contribution in [0.25, 0.3) is 21.8 Å². The molecular formula is C24H29N3O2. The molecule has 3 heterocycles. The molecule has 29 heavy (non-hydrogen) atoms. The minimum Gasteiger partial charge on any atom is -0.339 e. The lowest BCUT2D eigenvalue weighted by molar-refractivity contribution is 0.0762. The van der Waals surface area contributed by atoms with E-state index in [-0.39, 0.29) is 17.5 Å². The molecule has 0 bridgehead atoms. The normalized spacial score (nSPS) is 18.6. The van der Waals surface area contributed by atoms with E-state index >= 15 is 0 Å². The van der Waals surface area contributed by atoms with Crippen molar-refractivity contribution in [2.24, 2.45) is 7.05 Å². The third-order valence-electron chi connectivity index (χ3n) is 6.92. The maximum Gasteiger partial charge on any atom is 0.275 e. The number of nitrogens with zero attached hydrogens (tertiary/aromatic N) is 3. The number of rotatable bonds is 2. The zero-order chi connectivity index (χ0) is 20.0. The first-order valence-electron chi connectivity index (χ1n) is 11.1. The summed E-state index contributed by atoms with van der Waals surface area (Å²) in [4.78, 5) is 29.2. The lowest BCUT2D eigenvalue weighted by Gasteiger charge is -2.22. The Kier molecular flexibility index (Phi) is 4.69. The van der Waals surface area contributed by atoms with E-state index in [4.69, 9.17) is 0 Å². The predicted molar refractivity (Wildman–Crippen MR) is 117 cm³/mol. The van der Waals surface area contributed by atoms with Crippen molar-refractivity contribution in [1.82, 2.24) is 14.0 Å². The summed E-state index contributed by atoms with van der Waals surface area (Å²) in [6, 6.07) is 8.27. The number of fused-ring (bicyclic) bond motifs is 3. The Balaban J connectivity index is 1.78. The summed E-state index contributed by atoms with van der Waals surface area (Å²) >= 11 is 0. The highest BCUT2D eigenvalue weighted by atomic mass is 16.2. The molecule has 1 aliphatic heterocycles. The predicted octanol–water partition coefficient (Wildman–Crippen LogP) is 4.62. The SMILES string of the molecule is Cn1c2ccccc2c2c(C(=O)N3CCCCCC3)cn(C3CCCC3)c(=O)c21. The van der Waals surface area contributed by atoms with E-state index in [1.807, 2.05) is 51.5 Å². The van der Waals surface area contributed by atoms with Crippen molar-refractivity contribution in [1.29, 1.82) is 0 Å². The minimum absolute atomic E-state index is 0.0398. The van der Waals surface area contributed by atoms with Crippen LogP contribution in [0, 0.1) is 0 Å². The van der Waals surface area contributed by atoms with Crippen molar-refractivity contribution in [3.8, 4) is 0 Å². The van der Waals surface area contributed by atoms with Crippen LogP contribution in [0.2, 0.25) is 0 Å². The molecule has 1 aliphatic carbocycles. The van der Waals surface area contributed by atoms with Gasteiger partial charge in [-0.1, -0.05) is 43.9 Å². The molecule has 5 rings (SSSR count). The third kappa shape index (κ3) is 2.98. The van der Waals surface area contributed by atoms with Gasteiger partial charge in [-0.25, -0.2) is 0 Å². The molecule has 1 aromatic carbocycles. The van der Waals surface area contributed by atoms with Crippen molar-refractivity contribution in [2.75, 3.05) is 13.1 Å². The standard InChI is InChI=1S/C24H29N3O2/c1-25-20-13-7-6-12-18(20)21-19(23(28)26-14-8-2-3-9-15-26)16-27(24(29)22(21)25)17-10-4-5-11-17/h6-7,12-13,16-17H,2-5,8-11,14-15H2,1H3. The van der Waals surface area contributed by atoms with Gasteiger partial charge in [0.15, 0.2) is 0 Å². The molecule has 0 atom stereocenters. The summed E-state index contributed by atoms with van der Waals surface area (Å²) in [5.41, 5.74) is 2.41. The minimum atomic E-state index is 0.0398. The molecule has 0 N–H and O–H groups in total. The molecule has 1 saturated heterocycles. The summed E-state index contributed by atoms with van der Waals surface area (Å²) < 4.78 is 3.86. The highest BCUT2D eigenvalue weighted by molar-refractivity contribution is 6.17. The molecule has 0 radical (unpaired) electrons. The lowest BCUT2D eigenvalue weighted by atomic mass is 10.1. The monoisotopic (exact) mass is 391 g/mol. The fourth-order valence-corrected chi connectivity index (χ4v) is 5.36. The van der Waals surface area contributed by atoms with Crippen LogP contribution in [0.3, 0.4) is 0 Å². The lowest BCUT2D eigenvalue weighted by Crippen LogP contribution is -2.34. The molecule has 152 valence electrons. The van der Waals surface area contributed by atoms with E-state index < -0.39 is 0 Å². The quantitative estimate of drug-likeness (QED) is 0.640. The molecular weight excluding hydrogens is 362 g/mol. The van der Waals surface area contributed by atoms with Gasteiger partial charge in [-0.3, -0.25) is 9.59 Å². The van der Waals surface area contributed by atoms with Crippen LogP contribution >= 0.6 is 0 Å². The van der Waals surface area contributed by atoms with E-state index in [0.29, 0.717) is 11.1 Å². The van der Waals surface area contributed by atoms with Crippen LogP contribution in [0.1, 0.15) is 67.8 Å². The van der Waals surface area contributed by atoms with Crippen molar-refractivity contribution < 1.29 is 4.79 Å². The molecule has 2 aliphatic rings. The van der Waals surface area contributed by atoms with Crippen LogP contribution in [-0.4, -0.2) is 33.0 Å². The van der Waals surface area contributed by atoms with Gasteiger partial charge in [-0.05, 0) is 31.7 Å². The molecule has 2 fully saturated rings. The van der Waals surface area contributed by atoms with Gasteiger partial charge in [0, 0.05) is 48.7 Å². The summed E-state index contributed by atoms with van der Waals surface area (Å²) in [6.45, 7) is 1.63. The zero-order valence-corrected chi connectivity index (χ0v) is 17.2. The average Bonchev–Trinajstić information content (AvgIpc) is 3.27. The summed E-state index contributed by atoms with van der Waals surface area (Å²) in [5.74, 6) is 0.0833. The summed E-state index contributed by atoms with van der Waals surface area (Å²) in [6.07, 6.45) is 10.7. The molecule has 1 saturated carbocycles. The number of carbonyl (C=O) groups is 1. The van der Waals surface area contributed by atoms with Gasteiger partial charge in [-0.2, -0.15) is 0 Å². The van der Waals surface area contributed by atoms with Crippen LogP contribution < -0.4 is 5.56 Å². The molecule has 2 aromatic heterocycles. The van der Waals surface area contributed by atoms with Crippen LogP contribution in [0.4, 0.5) is 0 Å². The Morgan fingerprint density at radius 2 is 1.66 bits per heavy atom. The second kappa shape index (κ2) is 7.36. The summed E-state index contributed by atoms with van der Waals surface area (Å²) in [5, 5.41) is 1.83. The first-order chi connectivity index (χ1) is 14.2. The number of hydrogen-bond acceptors (Lipinski definition) is 2. The smallest absolute Gasteiger partial charge is 0.275 e. The number of aryl methyl sites for hydroxylation is 1. The largest absolute Gasteiger partial charge is 0.339 e. The second-order valence-electron chi connectivity index (χ2n) is 8.70. The maximum absolute atomic E-state index is 13.7. The second-order valence-corrected chi connectivity index (χ2v) is 8.70. The number of benzene rings is 1. The topological polar surface area (TPSA) is 47.2 Å². The van der Waals surface area contributed by atoms with Gasteiger partial charge in [0.05, 0.1) is 5.56 Å². The Labute approximate surface area is 170 Å². The highest BCUT2D eigenvalue weighted by Gasteiger charge is 2.27. The van der Waals surface area contributed by atoms with Gasteiger partial charge >= 0.3 is 0 Å². The van der Waals surface area contributed by atoms with Gasteiger partial charge < -0.3 is 14.0 Å². The van der Waals surface area contributed by atoms with Gasteiger partial charge in [0.25, 0.3) is 11.5 Å². The molecule has 5 nitrogen and oxygen atoms in total. The number of hydrogen-bond donors (Lipinski definition) is 0. The van der Waals surface area contributed by atoms with Gasteiger partial charge in [-0.15, -0.1) is 0 Å². The average molecular weight is 392 g/mol. The van der Waals surface area contributed by atoms with E-state index in [1.54, 1.807) is 0 Å². The highest BCUT2D eigenvalue weighted by Crippen LogP contribution is 2.33. The van der Waals surface area contributed by atoms with E-state index in [9.17, 15) is 9.59 Å². The van der Waals surface area contributed by atoms with Crippen molar-refractivity contribution >= 4 is 27.7 Å². The van der Waals surface area contributed by atoms with Crippen molar-refractivity contribution in [3.05, 3.63) is 46.4 Å². The van der Waals surface area contributed by atoms with Crippen molar-refractivity contribution in [2.45, 2.75) is 57.4 Å². The van der Waals surface area contributed by atoms with E-state index in [0.717, 1.165) is 67.9 Å². The van der Waals surface area contributed by atoms with Gasteiger partial charge in [0.1, 0.15) is 5.52 Å². The Morgan fingerprint density at radius 1 is 0.966 bits per heavy atom. The Morgan fingerprint density at radius 3 is 2.38 bits per heavy atom. The molecule has 3 aromatic rings. The number of amides is 1. The van der Waals surface area contributed by atoms with Crippen LogP contribution in [0.5, 0.6) is 0 Å². The maximum atomic E-state index is 13.7. The fourth-order valence-electron chi connectivity index (χ4n) is 5.36.